The van der Waals surface area contributed by atoms with Crippen LogP contribution in [-0.4, -0.2) is 9.97 Å². The number of hydrogen-bond acceptors (Lipinski definition) is 3. The molecule has 4 aromatic carbocycles. The highest BCUT2D eigenvalue weighted by Gasteiger charge is 2.41. The Bertz CT molecular complexity index is 1860. The van der Waals surface area contributed by atoms with Gasteiger partial charge in [0.2, 0.25) is 0 Å². The number of halogens is 9. The molecule has 1 heterocycles. The summed E-state index contributed by atoms with van der Waals surface area (Å²) >= 11 is 0. The van der Waals surface area contributed by atoms with E-state index in [4.69, 9.17) is 0 Å². The van der Waals surface area contributed by atoms with Gasteiger partial charge in [-0.1, -0.05) is 18.2 Å². The molecule has 0 saturated heterocycles. The minimum atomic E-state index is -4.59. The third-order valence-corrected chi connectivity index (χ3v) is 6.70. The van der Waals surface area contributed by atoms with Crippen molar-refractivity contribution >= 4 is 0 Å². The largest absolute Gasteiger partial charge is 0.432 e. The van der Waals surface area contributed by atoms with Crippen LogP contribution in [0.4, 0.5) is 39.5 Å². The molecule has 0 fully saturated rings. The lowest BCUT2D eigenvalue weighted by atomic mass is 9.99. The molecule has 0 aliphatic heterocycles. The number of ether oxygens (including phenoxy) is 1. The van der Waals surface area contributed by atoms with Gasteiger partial charge in [-0.15, -0.1) is 6.58 Å². The molecule has 0 N–H and O–H groups in total. The maximum Gasteiger partial charge on any atom is 0.432 e. The van der Waals surface area contributed by atoms with E-state index in [1.54, 1.807) is 6.08 Å². The molecule has 0 amide bonds. The number of hydrogen-bond donors (Lipinski definition) is 0. The van der Waals surface area contributed by atoms with E-state index in [1.807, 2.05) is 0 Å². The monoisotopic (exact) mass is 630 g/mol. The Labute approximate surface area is 250 Å². The first-order valence-corrected chi connectivity index (χ1v) is 13.1. The maximum absolute atomic E-state index is 15.0. The number of alkyl halides is 2. The fourth-order valence-corrected chi connectivity index (χ4v) is 4.50. The minimum absolute atomic E-state index is 0.0984. The molecule has 0 bridgehead atoms. The summed E-state index contributed by atoms with van der Waals surface area (Å²) in [4.78, 5) is 8.03. The van der Waals surface area contributed by atoms with E-state index in [2.05, 4.69) is 21.3 Å². The summed E-state index contributed by atoms with van der Waals surface area (Å²) in [5, 5.41) is 0. The average molecular weight is 631 g/mol. The summed E-state index contributed by atoms with van der Waals surface area (Å²) in [6.07, 6.45) is 1.20. The van der Waals surface area contributed by atoms with Crippen LogP contribution in [-0.2, 0) is 12.5 Å². The molecular weight excluding hydrogens is 611 g/mol. The van der Waals surface area contributed by atoms with Crippen molar-refractivity contribution in [2.24, 2.45) is 0 Å². The Morgan fingerprint density at radius 1 is 0.644 bits per heavy atom. The topological polar surface area (TPSA) is 35.0 Å². The van der Waals surface area contributed by atoms with E-state index in [0.29, 0.717) is 43.2 Å². The normalized spacial score (nSPS) is 11.5. The fraction of sp³-hybridized carbons (Fsp3) is 0.0909. The van der Waals surface area contributed by atoms with Gasteiger partial charge in [0, 0.05) is 35.2 Å². The second-order valence-corrected chi connectivity index (χ2v) is 9.77. The van der Waals surface area contributed by atoms with E-state index < -0.39 is 58.1 Å². The third-order valence-electron chi connectivity index (χ3n) is 6.70. The predicted octanol–water partition coefficient (Wildman–Crippen LogP) is 9.70. The van der Waals surface area contributed by atoms with Crippen LogP contribution in [0.5, 0.6) is 5.75 Å². The van der Waals surface area contributed by atoms with Crippen LogP contribution >= 0.6 is 0 Å². The molecule has 5 aromatic rings. The van der Waals surface area contributed by atoms with Crippen molar-refractivity contribution in [3.05, 3.63) is 138 Å². The molecule has 3 nitrogen and oxygen atoms in total. The molecule has 230 valence electrons. The number of allylic oxidation sites excluding steroid dienone is 1. The first kappa shape index (κ1) is 31.3. The molecule has 0 radical (unpaired) electrons. The zero-order valence-electron chi connectivity index (χ0n) is 22.8. The van der Waals surface area contributed by atoms with Gasteiger partial charge in [-0.3, -0.25) is 0 Å². The number of aromatic nitrogens is 2. The lowest BCUT2D eigenvalue weighted by Gasteiger charge is -2.20. The summed E-state index contributed by atoms with van der Waals surface area (Å²) in [7, 11) is 0. The smallest absolute Gasteiger partial charge is 0.429 e. The SMILES string of the molecule is C=CCCc1cnc(-c2cc(F)c(C(F)(F)Oc3ccc(-c4ccc(-c5cc(F)c(F)c(F)c5)c(F)c4)c(F)c3)c(F)c2)nc1. The van der Waals surface area contributed by atoms with Crippen LogP contribution in [0, 0.1) is 40.7 Å². The molecule has 0 aliphatic rings. The van der Waals surface area contributed by atoms with E-state index in [9.17, 15) is 39.5 Å². The van der Waals surface area contributed by atoms with Crippen LogP contribution in [0.25, 0.3) is 33.6 Å². The van der Waals surface area contributed by atoms with Crippen molar-refractivity contribution in [3.63, 3.8) is 0 Å². The number of aryl methyl sites for hydroxylation is 1. The van der Waals surface area contributed by atoms with Gasteiger partial charge < -0.3 is 4.74 Å². The molecular formula is C33H19F9N2O. The van der Waals surface area contributed by atoms with Gasteiger partial charge in [0.1, 0.15) is 34.6 Å². The second kappa shape index (κ2) is 12.5. The van der Waals surface area contributed by atoms with Crippen molar-refractivity contribution in [2.45, 2.75) is 19.0 Å². The van der Waals surface area contributed by atoms with Crippen molar-refractivity contribution in [1.29, 1.82) is 0 Å². The standard InChI is InChI=1S/C33H19F9N2O/c1-2-3-4-17-15-43-32(44-16-17)20-12-26(36)30(27(37)13-20)33(41,42)45-21-6-8-22(25(35)14-21)18-5-7-23(24(34)9-18)19-10-28(38)31(40)29(39)11-19/h2,5-16H,1,3-4H2. The second-order valence-electron chi connectivity index (χ2n) is 9.77. The highest BCUT2D eigenvalue weighted by molar-refractivity contribution is 5.72. The molecule has 12 heteroatoms. The number of rotatable bonds is 9. The van der Waals surface area contributed by atoms with Gasteiger partial charge in [-0.2, -0.15) is 8.78 Å². The van der Waals surface area contributed by atoms with Crippen LogP contribution < -0.4 is 4.74 Å². The molecule has 0 aliphatic carbocycles. The van der Waals surface area contributed by atoms with Crippen LogP contribution in [0.15, 0.2) is 85.7 Å². The molecule has 5 rings (SSSR count). The number of nitrogens with zero attached hydrogens (tertiary/aromatic N) is 2. The van der Waals surface area contributed by atoms with Gasteiger partial charge in [-0.05, 0) is 72.0 Å². The molecule has 45 heavy (non-hydrogen) atoms. The van der Waals surface area contributed by atoms with Gasteiger partial charge in [0.15, 0.2) is 23.3 Å². The van der Waals surface area contributed by atoms with Crippen molar-refractivity contribution in [3.8, 4) is 39.4 Å². The van der Waals surface area contributed by atoms with E-state index in [-0.39, 0.29) is 33.6 Å². The highest BCUT2D eigenvalue weighted by atomic mass is 19.3. The highest BCUT2D eigenvalue weighted by Crippen LogP contribution is 2.38. The molecule has 1 aromatic heterocycles. The maximum atomic E-state index is 15.0. The van der Waals surface area contributed by atoms with Gasteiger partial charge >= 0.3 is 6.11 Å². The molecule has 0 atom stereocenters. The predicted molar refractivity (Wildman–Crippen MR) is 148 cm³/mol. The quantitative estimate of drug-likeness (QED) is 0.0924. The summed E-state index contributed by atoms with van der Waals surface area (Å²) in [6.45, 7) is 3.60. The first-order valence-electron chi connectivity index (χ1n) is 13.1. The van der Waals surface area contributed by atoms with Crippen LogP contribution in [0.2, 0.25) is 0 Å². The van der Waals surface area contributed by atoms with Crippen molar-refractivity contribution in [1.82, 2.24) is 9.97 Å². The van der Waals surface area contributed by atoms with Gasteiger partial charge in [0.05, 0.1) is 0 Å². The lowest BCUT2D eigenvalue weighted by molar-refractivity contribution is -0.189. The van der Waals surface area contributed by atoms with E-state index in [0.717, 1.165) is 29.8 Å². The van der Waals surface area contributed by atoms with E-state index >= 15 is 0 Å². The Hall–Kier alpha value is -5.13. The fourth-order valence-electron chi connectivity index (χ4n) is 4.50. The summed E-state index contributed by atoms with van der Waals surface area (Å²) in [6, 6.07) is 7.78. The Balaban J connectivity index is 1.37. The molecule has 0 saturated carbocycles. The number of benzene rings is 4. The summed E-state index contributed by atoms with van der Waals surface area (Å²) in [5.41, 5.74) is -2.23. The average Bonchev–Trinajstić information content (AvgIpc) is 2.98. The minimum Gasteiger partial charge on any atom is -0.429 e. The van der Waals surface area contributed by atoms with Gasteiger partial charge in [0.25, 0.3) is 0 Å². The van der Waals surface area contributed by atoms with Gasteiger partial charge in [-0.25, -0.2) is 40.7 Å². The first-order chi connectivity index (χ1) is 21.4. The zero-order chi connectivity index (χ0) is 32.5. The Kier molecular flexibility index (Phi) is 8.67. The van der Waals surface area contributed by atoms with Crippen molar-refractivity contribution < 1.29 is 44.3 Å². The zero-order valence-corrected chi connectivity index (χ0v) is 22.8. The summed E-state index contributed by atoms with van der Waals surface area (Å²) < 4.78 is 134. The third kappa shape index (κ3) is 6.54. The van der Waals surface area contributed by atoms with Crippen LogP contribution in [0.3, 0.4) is 0 Å². The van der Waals surface area contributed by atoms with Crippen LogP contribution in [0.1, 0.15) is 17.5 Å². The van der Waals surface area contributed by atoms with Crippen molar-refractivity contribution in [2.75, 3.05) is 0 Å². The molecule has 0 spiro atoms. The Morgan fingerprint density at radius 3 is 1.76 bits per heavy atom. The van der Waals surface area contributed by atoms with E-state index in [1.165, 1.54) is 18.5 Å². The Morgan fingerprint density at radius 2 is 1.18 bits per heavy atom. The lowest BCUT2D eigenvalue weighted by Crippen LogP contribution is -2.25. The molecule has 0 unspecified atom stereocenters. The summed E-state index contributed by atoms with van der Waals surface area (Å²) in [5.74, 6) is -11.3.